The maximum Gasteiger partial charge on any atom is 0.308 e. The maximum absolute atomic E-state index is 13.0. The van der Waals surface area contributed by atoms with E-state index in [2.05, 4.69) is 53.4 Å². The Morgan fingerprint density at radius 3 is 1.04 bits per heavy atom. The van der Waals surface area contributed by atoms with Gasteiger partial charge >= 0.3 is 11.9 Å². The van der Waals surface area contributed by atoms with Crippen LogP contribution in [-0.2, 0) is 19.1 Å². The molecule has 57 heavy (non-hydrogen) atoms. The molecule has 0 amide bonds. The second-order valence-corrected chi connectivity index (χ2v) is 18.9. The molecule has 342 valence electrons. The average Bonchev–Trinajstić information content (AvgIpc) is 3.17. The largest absolute Gasteiger partial charge is 0.465 e. The number of hydrogen-bond donors (Lipinski definition) is 0. The lowest BCUT2D eigenvalue weighted by atomic mass is 9.90. The van der Waals surface area contributed by atoms with Crippen LogP contribution < -0.4 is 0 Å². The van der Waals surface area contributed by atoms with Gasteiger partial charge in [-0.3, -0.25) is 9.59 Å². The van der Waals surface area contributed by atoms with Gasteiger partial charge in [-0.25, -0.2) is 0 Å². The predicted molar refractivity (Wildman–Crippen MR) is 251 cm³/mol. The van der Waals surface area contributed by atoms with Crippen LogP contribution in [0.3, 0.4) is 0 Å². The van der Waals surface area contributed by atoms with E-state index in [0.717, 1.165) is 90.1 Å². The summed E-state index contributed by atoms with van der Waals surface area (Å²) in [6.45, 7) is 20.8. The average molecular weight is 808 g/mol. The van der Waals surface area contributed by atoms with Crippen molar-refractivity contribution in [3.05, 3.63) is 0 Å². The predicted octanol–water partition coefficient (Wildman–Crippen LogP) is 16.6. The molecule has 2 atom stereocenters. The fraction of sp³-hybridized carbons (Fsp3) is 0.962. The molecule has 0 aromatic carbocycles. The summed E-state index contributed by atoms with van der Waals surface area (Å²) >= 11 is 0. The monoisotopic (exact) mass is 808 g/mol. The van der Waals surface area contributed by atoms with Crippen molar-refractivity contribution in [2.45, 2.75) is 274 Å². The lowest BCUT2D eigenvalue weighted by molar-refractivity contribution is -0.150. The fourth-order valence-electron chi connectivity index (χ4n) is 8.07. The number of unbranched alkanes of at least 4 members (excludes halogenated alkanes) is 22. The zero-order valence-electron chi connectivity index (χ0n) is 39.3. The van der Waals surface area contributed by atoms with Crippen LogP contribution in [0, 0.1) is 17.3 Å². The molecule has 0 saturated carbocycles. The fourth-order valence-corrected chi connectivity index (χ4v) is 8.07. The zero-order valence-corrected chi connectivity index (χ0v) is 39.3. The van der Waals surface area contributed by atoms with Crippen LogP contribution in [0.15, 0.2) is 0 Å². The summed E-state index contributed by atoms with van der Waals surface area (Å²) in [6, 6.07) is 0. The number of rotatable bonds is 43. The summed E-state index contributed by atoms with van der Waals surface area (Å²) in [5.41, 5.74) is 0.382. The summed E-state index contributed by atoms with van der Waals surface area (Å²) in [5, 5.41) is 0. The Labute approximate surface area is 359 Å². The van der Waals surface area contributed by atoms with Gasteiger partial charge in [-0.05, 0) is 89.3 Å². The molecule has 2 unspecified atom stereocenters. The molecule has 0 aliphatic rings. The molecule has 0 saturated heterocycles. The van der Waals surface area contributed by atoms with Crippen LogP contribution in [0.1, 0.15) is 274 Å². The summed E-state index contributed by atoms with van der Waals surface area (Å²) < 4.78 is 11.7. The van der Waals surface area contributed by atoms with Crippen LogP contribution in [0.4, 0.5) is 0 Å². The first-order valence-corrected chi connectivity index (χ1v) is 25.2. The van der Waals surface area contributed by atoms with E-state index >= 15 is 0 Å². The van der Waals surface area contributed by atoms with Crippen molar-refractivity contribution in [2.75, 3.05) is 32.8 Å². The lowest BCUT2D eigenvalue weighted by Crippen LogP contribution is -2.28. The first-order valence-electron chi connectivity index (χ1n) is 25.2. The van der Waals surface area contributed by atoms with E-state index in [9.17, 15) is 9.59 Å². The molecule has 0 radical (unpaired) electrons. The van der Waals surface area contributed by atoms with Gasteiger partial charge in [-0.15, -0.1) is 0 Å². The number of hydrogen-bond acceptors (Lipinski definition) is 5. The van der Waals surface area contributed by atoms with Gasteiger partial charge in [0.15, 0.2) is 0 Å². The minimum atomic E-state index is 0. The van der Waals surface area contributed by atoms with Crippen molar-refractivity contribution in [3.63, 3.8) is 0 Å². The van der Waals surface area contributed by atoms with Gasteiger partial charge in [0, 0.05) is 0 Å². The van der Waals surface area contributed by atoms with E-state index in [-0.39, 0.29) is 31.2 Å². The highest BCUT2D eigenvalue weighted by Crippen LogP contribution is 2.23. The molecule has 0 fully saturated rings. The number of carbonyl (C=O) groups excluding carboxylic acids is 2. The Hall–Kier alpha value is -1.10. The van der Waals surface area contributed by atoms with Crippen LogP contribution in [0.2, 0.25) is 0 Å². The number of carbonyl (C=O) groups is 2. The summed E-state index contributed by atoms with van der Waals surface area (Å²) in [7, 11) is 0. The molecule has 0 bridgehead atoms. The Morgan fingerprint density at radius 1 is 0.404 bits per heavy atom. The van der Waals surface area contributed by atoms with Crippen LogP contribution >= 0.6 is 0 Å². The third-order valence-corrected chi connectivity index (χ3v) is 11.9. The number of nitrogens with zero attached hydrogens (tertiary/aromatic N) is 1. The number of esters is 2. The molecule has 0 aliphatic carbocycles. The van der Waals surface area contributed by atoms with Crippen LogP contribution in [0.5, 0.6) is 0 Å². The van der Waals surface area contributed by atoms with Gasteiger partial charge in [0.05, 0.1) is 25.0 Å². The Kier molecular flexibility index (Phi) is 43.8. The van der Waals surface area contributed by atoms with E-state index < -0.39 is 0 Å². The van der Waals surface area contributed by atoms with Crippen molar-refractivity contribution in [1.29, 1.82) is 0 Å². The smallest absolute Gasteiger partial charge is 0.308 e. The third kappa shape index (κ3) is 40.1. The second kappa shape index (κ2) is 43.0. The third-order valence-electron chi connectivity index (χ3n) is 11.9. The topological polar surface area (TPSA) is 55.8 Å². The quantitative estimate of drug-likeness (QED) is 0.0454. The van der Waals surface area contributed by atoms with Crippen molar-refractivity contribution < 1.29 is 19.1 Å². The van der Waals surface area contributed by atoms with Crippen LogP contribution in [0.25, 0.3) is 0 Å². The summed E-state index contributed by atoms with van der Waals surface area (Å²) in [6.07, 6.45) is 40.8. The second-order valence-electron chi connectivity index (χ2n) is 18.9. The van der Waals surface area contributed by atoms with Gasteiger partial charge in [-0.1, -0.05) is 210 Å². The molecular weight excluding hydrogens is 703 g/mol. The zero-order chi connectivity index (χ0) is 41.4. The van der Waals surface area contributed by atoms with Crippen molar-refractivity contribution in [3.8, 4) is 0 Å². The minimum absolute atomic E-state index is 0. The van der Waals surface area contributed by atoms with Gasteiger partial charge in [-0.2, -0.15) is 0 Å². The highest BCUT2D eigenvalue weighted by molar-refractivity contribution is 5.72. The van der Waals surface area contributed by atoms with E-state index in [1.165, 1.54) is 148 Å². The highest BCUT2D eigenvalue weighted by Gasteiger charge is 2.20. The first-order chi connectivity index (χ1) is 27.2. The molecule has 0 aromatic rings. The summed E-state index contributed by atoms with van der Waals surface area (Å²) in [5.74, 6) is 0.353. The molecule has 0 heterocycles. The molecule has 0 aromatic heterocycles. The van der Waals surface area contributed by atoms with Gasteiger partial charge in [0.25, 0.3) is 0 Å². The van der Waals surface area contributed by atoms with Gasteiger partial charge in [0.2, 0.25) is 0 Å². The van der Waals surface area contributed by atoms with Crippen molar-refractivity contribution in [1.82, 2.24) is 4.90 Å². The maximum atomic E-state index is 13.0. The molecule has 5 heteroatoms. The van der Waals surface area contributed by atoms with Crippen molar-refractivity contribution in [2.24, 2.45) is 17.3 Å². The van der Waals surface area contributed by atoms with E-state index in [1.807, 2.05) is 0 Å². The van der Waals surface area contributed by atoms with E-state index in [4.69, 9.17) is 9.47 Å². The van der Waals surface area contributed by atoms with Gasteiger partial charge < -0.3 is 14.4 Å². The molecule has 0 rings (SSSR count). The molecule has 0 N–H and O–H groups in total. The standard InChI is InChI=1S/C51H101NO4.CH4/c1-8-12-16-20-22-30-39-47(37-28-18-14-10-3)49(53)55-45-34-26-24-32-42-52(44-36-41-51(5,6)7)43-33-25-27-35-46-56-50(54)48(38-29-19-15-11-4)40-31-23-21-17-13-9-2;/h47-48H,8-46H2,1-7H3;1H4. The molecule has 5 nitrogen and oxygen atoms in total. The Morgan fingerprint density at radius 2 is 0.684 bits per heavy atom. The SMILES string of the molecule is C.CCCCCCCCC(CCCCCC)C(=O)OCCCCCCN(CCCCCCOC(=O)C(CCCCCC)CCCCCCCC)CCCC(C)(C)C. The Bertz CT molecular complexity index is 780. The van der Waals surface area contributed by atoms with E-state index in [0.29, 0.717) is 18.6 Å². The molecular formula is C52H105NO4. The normalized spacial score (nSPS) is 12.8. The lowest BCUT2D eigenvalue weighted by Gasteiger charge is -2.25. The summed E-state index contributed by atoms with van der Waals surface area (Å²) in [4.78, 5) is 28.8. The van der Waals surface area contributed by atoms with E-state index in [1.54, 1.807) is 0 Å². The minimum Gasteiger partial charge on any atom is -0.465 e. The first kappa shape index (κ1) is 58.0. The molecule has 0 aliphatic heterocycles. The number of ether oxygens (including phenoxy) is 2. The van der Waals surface area contributed by atoms with Crippen LogP contribution in [-0.4, -0.2) is 49.7 Å². The highest BCUT2D eigenvalue weighted by atomic mass is 16.5. The Balaban J connectivity index is 0. The molecule has 0 spiro atoms. The van der Waals surface area contributed by atoms with Gasteiger partial charge in [0.1, 0.15) is 0 Å². The van der Waals surface area contributed by atoms with Crippen molar-refractivity contribution >= 4 is 11.9 Å².